The molecule has 2 aliphatic heterocycles. The molecule has 98 valence electrons. The van der Waals surface area contributed by atoms with Gasteiger partial charge in [0, 0.05) is 49.8 Å². The summed E-state index contributed by atoms with van der Waals surface area (Å²) < 4.78 is 0. The molecule has 2 fully saturated rings. The van der Waals surface area contributed by atoms with Gasteiger partial charge in [-0.1, -0.05) is 0 Å². The SMILES string of the molecule is NC1CCN(c2cc(N3CCSCC3)ncn2)C1. The molecule has 2 saturated heterocycles. The first-order valence-electron chi connectivity index (χ1n) is 6.48. The van der Waals surface area contributed by atoms with Crippen LogP contribution in [-0.4, -0.2) is 53.7 Å². The van der Waals surface area contributed by atoms with E-state index in [1.54, 1.807) is 6.33 Å². The fourth-order valence-electron chi connectivity index (χ4n) is 2.47. The van der Waals surface area contributed by atoms with E-state index < -0.39 is 0 Å². The molecule has 3 rings (SSSR count). The molecule has 2 N–H and O–H groups in total. The number of nitrogens with two attached hydrogens (primary N) is 1. The van der Waals surface area contributed by atoms with E-state index in [2.05, 4.69) is 25.8 Å². The molecular formula is C12H19N5S. The summed E-state index contributed by atoms with van der Waals surface area (Å²) in [5, 5.41) is 0. The summed E-state index contributed by atoms with van der Waals surface area (Å²) >= 11 is 2.01. The van der Waals surface area contributed by atoms with Crippen molar-refractivity contribution in [3.8, 4) is 0 Å². The molecule has 0 aromatic carbocycles. The van der Waals surface area contributed by atoms with Crippen LogP contribution in [-0.2, 0) is 0 Å². The maximum absolute atomic E-state index is 5.95. The maximum Gasteiger partial charge on any atom is 0.134 e. The van der Waals surface area contributed by atoms with Crippen LogP contribution in [0.5, 0.6) is 0 Å². The summed E-state index contributed by atoms with van der Waals surface area (Å²) in [6.07, 6.45) is 2.73. The fourth-order valence-corrected chi connectivity index (χ4v) is 3.37. The lowest BCUT2D eigenvalue weighted by atomic mass is 10.3. The van der Waals surface area contributed by atoms with Crippen LogP contribution in [0.15, 0.2) is 12.4 Å². The number of aromatic nitrogens is 2. The molecule has 5 nitrogen and oxygen atoms in total. The largest absolute Gasteiger partial charge is 0.355 e. The number of anilines is 2. The molecule has 0 bridgehead atoms. The minimum absolute atomic E-state index is 0.287. The monoisotopic (exact) mass is 265 g/mol. The third kappa shape index (κ3) is 2.54. The highest BCUT2D eigenvalue weighted by atomic mass is 32.2. The zero-order chi connectivity index (χ0) is 12.4. The van der Waals surface area contributed by atoms with Gasteiger partial charge < -0.3 is 15.5 Å². The van der Waals surface area contributed by atoms with E-state index in [9.17, 15) is 0 Å². The Balaban J connectivity index is 1.76. The second-order valence-electron chi connectivity index (χ2n) is 4.83. The first kappa shape index (κ1) is 12.0. The van der Waals surface area contributed by atoms with E-state index in [1.165, 1.54) is 11.5 Å². The van der Waals surface area contributed by atoms with Crippen molar-refractivity contribution in [2.45, 2.75) is 12.5 Å². The van der Waals surface area contributed by atoms with Crippen molar-refractivity contribution in [3.63, 3.8) is 0 Å². The number of hydrogen-bond donors (Lipinski definition) is 1. The fraction of sp³-hybridized carbons (Fsp3) is 0.667. The highest BCUT2D eigenvalue weighted by molar-refractivity contribution is 7.99. The van der Waals surface area contributed by atoms with E-state index in [0.717, 1.165) is 44.2 Å². The minimum atomic E-state index is 0.287. The molecule has 0 aliphatic carbocycles. The Bertz CT molecular complexity index is 387. The Morgan fingerprint density at radius 1 is 1.11 bits per heavy atom. The molecule has 0 radical (unpaired) electrons. The van der Waals surface area contributed by atoms with Gasteiger partial charge in [-0.15, -0.1) is 0 Å². The average Bonchev–Trinajstić information content (AvgIpc) is 2.87. The molecule has 1 aromatic rings. The zero-order valence-corrected chi connectivity index (χ0v) is 11.3. The van der Waals surface area contributed by atoms with Gasteiger partial charge in [-0.25, -0.2) is 9.97 Å². The summed E-state index contributed by atoms with van der Waals surface area (Å²) in [5.41, 5.74) is 5.95. The van der Waals surface area contributed by atoms with E-state index in [1.807, 2.05) is 11.8 Å². The molecular weight excluding hydrogens is 246 g/mol. The third-order valence-electron chi connectivity index (χ3n) is 3.52. The summed E-state index contributed by atoms with van der Waals surface area (Å²) in [7, 11) is 0. The van der Waals surface area contributed by atoms with Crippen LogP contribution >= 0.6 is 11.8 Å². The van der Waals surface area contributed by atoms with Crippen LogP contribution in [0.3, 0.4) is 0 Å². The number of thioether (sulfide) groups is 1. The minimum Gasteiger partial charge on any atom is -0.355 e. The topological polar surface area (TPSA) is 58.3 Å². The Morgan fingerprint density at radius 3 is 2.50 bits per heavy atom. The second kappa shape index (κ2) is 5.32. The second-order valence-corrected chi connectivity index (χ2v) is 6.05. The van der Waals surface area contributed by atoms with Crippen LogP contribution < -0.4 is 15.5 Å². The maximum atomic E-state index is 5.95. The molecule has 0 saturated carbocycles. The summed E-state index contributed by atoms with van der Waals surface area (Å²) in [5.74, 6) is 4.45. The van der Waals surface area contributed by atoms with Gasteiger partial charge in [0.25, 0.3) is 0 Å². The van der Waals surface area contributed by atoms with Gasteiger partial charge in [-0.05, 0) is 6.42 Å². The van der Waals surface area contributed by atoms with Gasteiger partial charge in [0.15, 0.2) is 0 Å². The van der Waals surface area contributed by atoms with Crippen LogP contribution in [0.25, 0.3) is 0 Å². The molecule has 6 heteroatoms. The van der Waals surface area contributed by atoms with Crippen LogP contribution in [0, 0.1) is 0 Å². The molecule has 3 heterocycles. The van der Waals surface area contributed by atoms with Crippen molar-refractivity contribution in [3.05, 3.63) is 12.4 Å². The van der Waals surface area contributed by atoms with Gasteiger partial charge in [-0.2, -0.15) is 11.8 Å². The van der Waals surface area contributed by atoms with E-state index in [-0.39, 0.29) is 6.04 Å². The molecule has 0 spiro atoms. The van der Waals surface area contributed by atoms with Crippen molar-refractivity contribution in [1.82, 2.24) is 9.97 Å². The molecule has 1 atom stereocenters. The number of hydrogen-bond acceptors (Lipinski definition) is 6. The Kier molecular flexibility index (Phi) is 3.56. The highest BCUT2D eigenvalue weighted by Crippen LogP contribution is 2.22. The lowest BCUT2D eigenvalue weighted by molar-refractivity contribution is 0.751. The van der Waals surface area contributed by atoms with Crippen molar-refractivity contribution in [1.29, 1.82) is 0 Å². The van der Waals surface area contributed by atoms with E-state index in [4.69, 9.17) is 5.73 Å². The van der Waals surface area contributed by atoms with Crippen LogP contribution in [0.2, 0.25) is 0 Å². The molecule has 1 unspecified atom stereocenters. The van der Waals surface area contributed by atoms with Gasteiger partial charge in [0.2, 0.25) is 0 Å². The number of rotatable bonds is 2. The Labute approximate surface area is 112 Å². The first-order valence-corrected chi connectivity index (χ1v) is 7.63. The Morgan fingerprint density at radius 2 is 1.83 bits per heavy atom. The highest BCUT2D eigenvalue weighted by Gasteiger charge is 2.21. The van der Waals surface area contributed by atoms with E-state index in [0.29, 0.717) is 0 Å². The predicted octanol–water partition coefficient (Wildman–Crippen LogP) is 0.567. The van der Waals surface area contributed by atoms with Gasteiger partial charge in [0.05, 0.1) is 0 Å². The predicted molar refractivity (Wildman–Crippen MR) is 76.4 cm³/mol. The van der Waals surface area contributed by atoms with Crippen molar-refractivity contribution >= 4 is 23.4 Å². The lowest BCUT2D eigenvalue weighted by Gasteiger charge is -2.28. The van der Waals surface area contributed by atoms with Crippen LogP contribution in [0.4, 0.5) is 11.6 Å². The van der Waals surface area contributed by atoms with Gasteiger partial charge in [0.1, 0.15) is 18.0 Å². The van der Waals surface area contributed by atoms with Crippen molar-refractivity contribution < 1.29 is 0 Å². The zero-order valence-electron chi connectivity index (χ0n) is 10.5. The van der Waals surface area contributed by atoms with Gasteiger partial charge in [-0.3, -0.25) is 0 Å². The normalized spacial score (nSPS) is 24.6. The van der Waals surface area contributed by atoms with Crippen molar-refractivity contribution in [2.75, 3.05) is 47.5 Å². The molecule has 1 aromatic heterocycles. The first-order chi connectivity index (χ1) is 8.83. The van der Waals surface area contributed by atoms with Crippen LogP contribution in [0.1, 0.15) is 6.42 Å². The standard InChI is InChI=1S/C12H19N5S/c13-10-1-2-17(8-10)12-7-11(14-9-15-12)16-3-5-18-6-4-16/h7,9-10H,1-6,8,13H2. The van der Waals surface area contributed by atoms with Crippen molar-refractivity contribution in [2.24, 2.45) is 5.73 Å². The van der Waals surface area contributed by atoms with E-state index >= 15 is 0 Å². The summed E-state index contributed by atoms with van der Waals surface area (Å²) in [6.45, 7) is 4.08. The quantitative estimate of drug-likeness (QED) is 0.843. The number of nitrogens with zero attached hydrogens (tertiary/aromatic N) is 4. The average molecular weight is 265 g/mol. The summed E-state index contributed by atoms with van der Waals surface area (Å²) in [6, 6.07) is 2.39. The lowest BCUT2D eigenvalue weighted by Crippen LogP contribution is -2.33. The Hall–Kier alpha value is -1.01. The third-order valence-corrected chi connectivity index (χ3v) is 4.46. The van der Waals surface area contributed by atoms with Gasteiger partial charge >= 0.3 is 0 Å². The molecule has 0 amide bonds. The molecule has 18 heavy (non-hydrogen) atoms. The summed E-state index contributed by atoms with van der Waals surface area (Å²) in [4.78, 5) is 13.4. The molecule has 2 aliphatic rings. The smallest absolute Gasteiger partial charge is 0.134 e.